The minimum absolute atomic E-state index is 0.180. The number of nitrogens with one attached hydrogen (secondary N) is 1. The topological polar surface area (TPSA) is 58.1 Å². The summed E-state index contributed by atoms with van der Waals surface area (Å²) in [5.74, 6) is -0.317. The Hall–Kier alpha value is -2.28. The van der Waals surface area contributed by atoms with E-state index in [1.54, 1.807) is 11.0 Å². The second kappa shape index (κ2) is 6.68. The van der Waals surface area contributed by atoms with Gasteiger partial charge in [-0.05, 0) is 44.9 Å². The summed E-state index contributed by atoms with van der Waals surface area (Å²) in [6.07, 6.45) is 0.892. The number of anilines is 1. The molecule has 0 saturated heterocycles. The van der Waals surface area contributed by atoms with E-state index >= 15 is 0 Å². The fraction of sp³-hybridized carbons (Fsp3) is 0.353. The van der Waals surface area contributed by atoms with E-state index in [9.17, 15) is 9.18 Å². The lowest BCUT2D eigenvalue weighted by Crippen LogP contribution is -2.39. The van der Waals surface area contributed by atoms with Crippen LogP contribution in [0.3, 0.4) is 0 Å². The lowest BCUT2D eigenvalue weighted by atomic mass is 10.0. The summed E-state index contributed by atoms with van der Waals surface area (Å²) in [6, 6.07) is 4.37. The zero-order valence-corrected chi connectivity index (χ0v) is 14.7. The highest BCUT2D eigenvalue weighted by Crippen LogP contribution is 2.29. The number of aryl methyl sites for hydroxylation is 1. The molecule has 24 heavy (non-hydrogen) atoms. The van der Waals surface area contributed by atoms with Gasteiger partial charge in [0.2, 0.25) is 5.13 Å². The van der Waals surface area contributed by atoms with Crippen molar-refractivity contribution in [3.8, 4) is 10.6 Å². The van der Waals surface area contributed by atoms with E-state index in [2.05, 4.69) is 22.4 Å². The summed E-state index contributed by atoms with van der Waals surface area (Å²) in [6.45, 7) is 7.36. The first-order valence-corrected chi connectivity index (χ1v) is 8.57. The van der Waals surface area contributed by atoms with Crippen LogP contribution in [0.5, 0.6) is 0 Å². The van der Waals surface area contributed by atoms with Crippen LogP contribution in [0, 0.1) is 12.7 Å². The van der Waals surface area contributed by atoms with Crippen molar-refractivity contribution in [3.63, 3.8) is 0 Å². The number of amides is 2. The molecule has 3 rings (SSSR count). The molecule has 0 fully saturated rings. The minimum Gasteiger partial charge on any atom is -0.320 e. The molecule has 1 aliphatic heterocycles. The molecule has 0 aliphatic carbocycles. The van der Waals surface area contributed by atoms with Crippen molar-refractivity contribution >= 4 is 22.5 Å². The van der Waals surface area contributed by atoms with Gasteiger partial charge >= 0.3 is 6.03 Å². The van der Waals surface area contributed by atoms with Crippen LogP contribution in [0.2, 0.25) is 0 Å². The molecule has 0 atom stereocenters. The SMILES string of the molecule is CC1=C(C)CN(C(=O)Nc2nnc(-c3cc(F)ccc3C)s2)CC1. The normalized spacial score (nSPS) is 14.9. The number of urea groups is 1. The van der Waals surface area contributed by atoms with Crippen molar-refractivity contribution in [1.29, 1.82) is 0 Å². The second-order valence-corrected chi connectivity index (χ2v) is 7.01. The van der Waals surface area contributed by atoms with Crippen molar-refractivity contribution in [2.75, 3.05) is 18.4 Å². The number of halogens is 1. The van der Waals surface area contributed by atoms with Crippen LogP contribution in [0.4, 0.5) is 14.3 Å². The second-order valence-electron chi connectivity index (χ2n) is 6.03. The van der Waals surface area contributed by atoms with Crippen LogP contribution < -0.4 is 5.32 Å². The van der Waals surface area contributed by atoms with Gasteiger partial charge in [0.05, 0.1) is 0 Å². The third-order valence-electron chi connectivity index (χ3n) is 4.27. The average Bonchev–Trinajstić information content (AvgIpc) is 3.00. The highest BCUT2D eigenvalue weighted by molar-refractivity contribution is 7.18. The molecule has 0 unspecified atom stereocenters. The molecular weight excluding hydrogens is 327 g/mol. The number of hydrogen-bond donors (Lipinski definition) is 1. The highest BCUT2D eigenvalue weighted by atomic mass is 32.1. The lowest BCUT2D eigenvalue weighted by molar-refractivity contribution is 0.214. The number of hydrogen-bond acceptors (Lipinski definition) is 4. The van der Waals surface area contributed by atoms with Crippen molar-refractivity contribution in [3.05, 3.63) is 40.7 Å². The Labute approximate surface area is 144 Å². The first kappa shape index (κ1) is 16.6. The Morgan fingerprint density at radius 1 is 1.25 bits per heavy atom. The smallest absolute Gasteiger partial charge is 0.320 e. The standard InChI is InChI=1S/C17H19FN4OS/c1-10-6-7-22(9-12(10)3)17(23)19-16-21-20-15(24-16)14-8-13(18)5-4-11(14)2/h4-5,8H,6-7,9H2,1-3H3,(H,19,21,23). The molecule has 1 aromatic carbocycles. The monoisotopic (exact) mass is 346 g/mol. The van der Waals surface area contributed by atoms with Crippen molar-refractivity contribution in [1.82, 2.24) is 15.1 Å². The number of nitrogens with zero attached hydrogens (tertiary/aromatic N) is 3. The van der Waals surface area contributed by atoms with Gasteiger partial charge in [-0.2, -0.15) is 0 Å². The van der Waals surface area contributed by atoms with Gasteiger partial charge in [-0.3, -0.25) is 5.32 Å². The third-order valence-corrected chi connectivity index (χ3v) is 5.14. The fourth-order valence-corrected chi connectivity index (χ4v) is 3.38. The van der Waals surface area contributed by atoms with Crippen molar-refractivity contribution in [2.24, 2.45) is 0 Å². The molecule has 1 aromatic heterocycles. The zero-order valence-electron chi connectivity index (χ0n) is 13.9. The molecule has 0 saturated carbocycles. The molecule has 5 nitrogen and oxygen atoms in total. The Morgan fingerprint density at radius 2 is 2.04 bits per heavy atom. The summed E-state index contributed by atoms with van der Waals surface area (Å²) >= 11 is 1.24. The van der Waals surface area contributed by atoms with Crippen LogP contribution in [0.1, 0.15) is 25.8 Å². The molecule has 0 spiro atoms. The predicted molar refractivity (Wildman–Crippen MR) is 93.6 cm³/mol. The first-order chi connectivity index (χ1) is 11.4. The van der Waals surface area contributed by atoms with E-state index in [4.69, 9.17) is 0 Å². The zero-order chi connectivity index (χ0) is 17.3. The van der Waals surface area contributed by atoms with E-state index in [-0.39, 0.29) is 11.8 Å². The Balaban J connectivity index is 1.72. The Bertz CT molecular complexity index is 815. The Morgan fingerprint density at radius 3 is 2.79 bits per heavy atom. The van der Waals surface area contributed by atoms with Gasteiger partial charge in [-0.1, -0.05) is 28.5 Å². The minimum atomic E-state index is -0.317. The Kier molecular flexibility index (Phi) is 4.62. The molecule has 2 heterocycles. The van der Waals surface area contributed by atoms with Gasteiger partial charge in [0.15, 0.2) is 0 Å². The third kappa shape index (κ3) is 3.46. The molecule has 126 valence electrons. The molecule has 7 heteroatoms. The van der Waals surface area contributed by atoms with Gasteiger partial charge in [-0.15, -0.1) is 10.2 Å². The van der Waals surface area contributed by atoms with Crippen LogP contribution >= 0.6 is 11.3 Å². The van der Waals surface area contributed by atoms with E-state index < -0.39 is 0 Å². The van der Waals surface area contributed by atoms with E-state index in [1.807, 2.05) is 13.8 Å². The first-order valence-electron chi connectivity index (χ1n) is 7.75. The molecule has 1 N–H and O–H groups in total. The van der Waals surface area contributed by atoms with Crippen LogP contribution in [0.15, 0.2) is 29.3 Å². The van der Waals surface area contributed by atoms with Crippen molar-refractivity contribution in [2.45, 2.75) is 27.2 Å². The number of carbonyl (C=O) groups excluding carboxylic acids is 1. The fourth-order valence-electron chi connectivity index (χ4n) is 2.57. The van der Waals surface area contributed by atoms with E-state index in [0.29, 0.717) is 28.8 Å². The van der Waals surface area contributed by atoms with Crippen molar-refractivity contribution < 1.29 is 9.18 Å². The molecule has 2 aromatic rings. The highest BCUT2D eigenvalue weighted by Gasteiger charge is 2.20. The van der Waals surface area contributed by atoms with Gasteiger partial charge in [0.1, 0.15) is 10.8 Å². The number of benzene rings is 1. The lowest BCUT2D eigenvalue weighted by Gasteiger charge is -2.28. The summed E-state index contributed by atoms with van der Waals surface area (Å²) in [7, 11) is 0. The molecule has 0 bridgehead atoms. The maximum Gasteiger partial charge on any atom is 0.323 e. The number of carbonyl (C=O) groups is 1. The summed E-state index contributed by atoms with van der Waals surface area (Å²) in [4.78, 5) is 14.1. The number of rotatable bonds is 2. The average molecular weight is 346 g/mol. The summed E-state index contributed by atoms with van der Waals surface area (Å²) in [5, 5.41) is 11.9. The van der Waals surface area contributed by atoms with Gasteiger partial charge in [0, 0.05) is 18.7 Å². The van der Waals surface area contributed by atoms with Gasteiger partial charge < -0.3 is 4.90 Å². The largest absolute Gasteiger partial charge is 0.323 e. The summed E-state index contributed by atoms with van der Waals surface area (Å²) in [5.41, 5.74) is 4.18. The van der Waals surface area contributed by atoms with E-state index in [0.717, 1.165) is 12.0 Å². The maximum absolute atomic E-state index is 13.4. The van der Waals surface area contributed by atoms with Crippen LogP contribution in [-0.4, -0.2) is 34.2 Å². The maximum atomic E-state index is 13.4. The van der Waals surface area contributed by atoms with Gasteiger partial charge in [-0.25, -0.2) is 9.18 Å². The van der Waals surface area contributed by atoms with Crippen LogP contribution in [0.25, 0.3) is 10.6 Å². The molecule has 1 aliphatic rings. The molecular formula is C17H19FN4OS. The quantitative estimate of drug-likeness (QED) is 0.828. The van der Waals surface area contributed by atoms with Crippen LogP contribution in [-0.2, 0) is 0 Å². The number of aromatic nitrogens is 2. The molecule has 0 radical (unpaired) electrons. The van der Waals surface area contributed by atoms with E-state index in [1.165, 1.54) is 34.6 Å². The van der Waals surface area contributed by atoms with Gasteiger partial charge in [0.25, 0.3) is 0 Å². The summed E-state index contributed by atoms with van der Waals surface area (Å²) < 4.78 is 13.4. The predicted octanol–water partition coefficient (Wildman–Crippen LogP) is 4.23. The molecule has 2 amide bonds.